The number of nitrogen functional groups attached to an aromatic ring is 1. The number of nitrogens with two attached hydrogens (primary N) is 1. The van der Waals surface area contributed by atoms with Crippen molar-refractivity contribution in [2.75, 3.05) is 17.2 Å². The molecule has 2 amide bonds. The molecule has 3 aromatic rings. The lowest BCUT2D eigenvalue weighted by molar-refractivity contribution is -0.117. The number of nitrogens with zero attached hydrogens (tertiary/aromatic N) is 3. The number of nitrogens with one attached hydrogen (secondary N) is 1. The molecule has 0 aliphatic carbocycles. The van der Waals surface area contributed by atoms with Gasteiger partial charge in [-0.25, -0.2) is 10.4 Å². The molecule has 0 spiro atoms. The molecule has 0 unspecified atom stereocenters. The van der Waals surface area contributed by atoms with Crippen molar-refractivity contribution in [2.45, 2.75) is 33.6 Å². The molecule has 1 aromatic carbocycles. The van der Waals surface area contributed by atoms with Crippen LogP contribution in [0.5, 0.6) is 0 Å². The number of benzene rings is 1. The average Bonchev–Trinajstić information content (AvgIpc) is 3.29. The maximum Gasteiger partial charge on any atom is 0.283 e. The molecule has 0 bridgehead atoms. The molecule has 1 aliphatic rings. The number of hydrogen-bond acceptors (Lipinski definition) is 6. The van der Waals surface area contributed by atoms with Crippen LogP contribution in [0.15, 0.2) is 35.4 Å². The number of thiophene rings is 1. The van der Waals surface area contributed by atoms with Gasteiger partial charge in [-0.3, -0.25) is 9.59 Å². The largest absolute Gasteiger partial charge is 0.397 e. The van der Waals surface area contributed by atoms with E-state index in [2.05, 4.69) is 15.5 Å². The Morgan fingerprint density at radius 3 is 2.67 bits per heavy atom. The zero-order valence-electron chi connectivity index (χ0n) is 17.2. The van der Waals surface area contributed by atoms with Gasteiger partial charge in [-0.05, 0) is 56.5 Å². The molecule has 3 heterocycles. The van der Waals surface area contributed by atoms with Crippen molar-refractivity contribution in [3.05, 3.63) is 52.0 Å². The van der Waals surface area contributed by atoms with Gasteiger partial charge in [0.15, 0.2) is 0 Å². The van der Waals surface area contributed by atoms with Crippen LogP contribution in [-0.2, 0) is 4.79 Å². The number of hydrazone groups is 1. The number of hydrogen-bond donors (Lipinski definition) is 2. The summed E-state index contributed by atoms with van der Waals surface area (Å²) < 4.78 is 0. The molecule has 1 saturated heterocycles. The first-order chi connectivity index (χ1) is 14.3. The van der Waals surface area contributed by atoms with Crippen molar-refractivity contribution in [3.8, 4) is 0 Å². The standard InChI is InChI=1S/C22H23N5O2S/c1-12-11-13(2)24-22-18(12)19(23)20(30-22)21(29)26-25-14(3)15-6-8-16(9-7-15)27-10-4-5-17(27)28/h6-9,11H,4-5,10,23H2,1-3H3,(H,26,29)/b25-14-. The number of carbonyl (C=O) groups excluding carboxylic acids is 2. The third kappa shape index (κ3) is 3.66. The Bertz CT molecular complexity index is 1180. The molecule has 8 heteroatoms. The predicted octanol–water partition coefficient (Wildman–Crippen LogP) is 3.78. The molecular weight excluding hydrogens is 398 g/mol. The summed E-state index contributed by atoms with van der Waals surface area (Å²) in [6.45, 7) is 6.45. The van der Waals surface area contributed by atoms with Gasteiger partial charge in [0, 0.05) is 29.7 Å². The van der Waals surface area contributed by atoms with E-state index in [1.54, 1.807) is 4.90 Å². The van der Waals surface area contributed by atoms with E-state index in [1.165, 1.54) is 11.3 Å². The molecule has 0 saturated carbocycles. The number of amides is 2. The van der Waals surface area contributed by atoms with Gasteiger partial charge in [-0.2, -0.15) is 5.10 Å². The van der Waals surface area contributed by atoms with Crippen molar-refractivity contribution in [1.82, 2.24) is 10.4 Å². The molecule has 30 heavy (non-hydrogen) atoms. The van der Waals surface area contributed by atoms with Crippen LogP contribution in [0.1, 0.15) is 46.3 Å². The van der Waals surface area contributed by atoms with Crippen LogP contribution >= 0.6 is 11.3 Å². The average molecular weight is 422 g/mol. The second-order valence-electron chi connectivity index (χ2n) is 7.44. The van der Waals surface area contributed by atoms with E-state index >= 15 is 0 Å². The predicted molar refractivity (Wildman–Crippen MR) is 121 cm³/mol. The molecule has 7 nitrogen and oxygen atoms in total. The first kappa shape index (κ1) is 20.0. The molecule has 154 valence electrons. The molecule has 2 aromatic heterocycles. The number of fused-ring (bicyclic) bond motifs is 1. The van der Waals surface area contributed by atoms with Crippen molar-refractivity contribution in [1.29, 1.82) is 0 Å². The molecule has 0 radical (unpaired) electrons. The van der Waals surface area contributed by atoms with E-state index in [4.69, 9.17) is 5.73 Å². The van der Waals surface area contributed by atoms with Crippen LogP contribution < -0.4 is 16.1 Å². The van der Waals surface area contributed by atoms with Gasteiger partial charge in [0.25, 0.3) is 5.91 Å². The first-order valence-electron chi connectivity index (χ1n) is 9.77. The summed E-state index contributed by atoms with van der Waals surface area (Å²) in [5.41, 5.74) is 13.6. The van der Waals surface area contributed by atoms with Crippen molar-refractivity contribution in [3.63, 3.8) is 0 Å². The molecule has 1 fully saturated rings. The maximum absolute atomic E-state index is 12.7. The number of aromatic nitrogens is 1. The number of anilines is 2. The van der Waals surface area contributed by atoms with Crippen molar-refractivity contribution in [2.24, 2.45) is 5.10 Å². The van der Waals surface area contributed by atoms with E-state index in [0.717, 1.165) is 45.7 Å². The lowest BCUT2D eigenvalue weighted by Gasteiger charge is -2.15. The van der Waals surface area contributed by atoms with Crippen molar-refractivity contribution < 1.29 is 9.59 Å². The highest BCUT2D eigenvalue weighted by Crippen LogP contribution is 2.34. The number of aryl methyl sites for hydroxylation is 2. The maximum atomic E-state index is 12.7. The van der Waals surface area contributed by atoms with E-state index in [0.29, 0.717) is 22.7 Å². The van der Waals surface area contributed by atoms with Crippen LogP contribution in [0.4, 0.5) is 11.4 Å². The number of carbonyl (C=O) groups is 2. The minimum absolute atomic E-state index is 0.154. The fraction of sp³-hybridized carbons (Fsp3) is 0.273. The van der Waals surface area contributed by atoms with Gasteiger partial charge in [-0.1, -0.05) is 12.1 Å². The van der Waals surface area contributed by atoms with Crippen LogP contribution in [-0.4, -0.2) is 29.1 Å². The van der Waals surface area contributed by atoms with E-state index < -0.39 is 0 Å². The fourth-order valence-corrected chi connectivity index (χ4v) is 4.80. The summed E-state index contributed by atoms with van der Waals surface area (Å²) >= 11 is 1.27. The summed E-state index contributed by atoms with van der Waals surface area (Å²) in [5, 5.41) is 5.05. The fourth-order valence-electron chi connectivity index (χ4n) is 3.69. The quantitative estimate of drug-likeness (QED) is 0.494. The second-order valence-corrected chi connectivity index (χ2v) is 8.44. The Morgan fingerprint density at radius 2 is 2.00 bits per heavy atom. The Hall–Kier alpha value is -3.26. The Labute approximate surface area is 178 Å². The minimum atomic E-state index is -0.355. The highest BCUT2D eigenvalue weighted by atomic mass is 32.1. The van der Waals surface area contributed by atoms with Crippen LogP contribution in [0.3, 0.4) is 0 Å². The zero-order chi connectivity index (χ0) is 21.4. The van der Waals surface area contributed by atoms with Crippen LogP contribution in [0.25, 0.3) is 10.2 Å². The Kier molecular flexibility index (Phi) is 5.26. The van der Waals surface area contributed by atoms with Gasteiger partial charge >= 0.3 is 0 Å². The zero-order valence-corrected chi connectivity index (χ0v) is 18.0. The normalized spacial score (nSPS) is 14.6. The molecular formula is C22H23N5O2S. The topological polar surface area (TPSA) is 101 Å². The number of pyridine rings is 1. The van der Waals surface area contributed by atoms with Gasteiger partial charge in [0.1, 0.15) is 9.71 Å². The van der Waals surface area contributed by atoms with E-state index in [9.17, 15) is 9.59 Å². The molecule has 1 aliphatic heterocycles. The van der Waals surface area contributed by atoms with Gasteiger partial charge in [0.05, 0.1) is 11.4 Å². The summed E-state index contributed by atoms with van der Waals surface area (Å²) in [6, 6.07) is 9.56. The first-order valence-corrected chi connectivity index (χ1v) is 10.6. The SMILES string of the molecule is C/C(=N/NC(=O)c1sc2nc(C)cc(C)c2c1N)c1ccc(N2CCCC2=O)cc1. The van der Waals surface area contributed by atoms with Gasteiger partial charge in [0.2, 0.25) is 5.91 Å². The summed E-state index contributed by atoms with van der Waals surface area (Å²) in [5.74, 6) is -0.201. The lowest BCUT2D eigenvalue weighted by Crippen LogP contribution is -2.23. The van der Waals surface area contributed by atoms with Crippen molar-refractivity contribution >= 4 is 50.5 Å². The van der Waals surface area contributed by atoms with Gasteiger partial charge in [-0.15, -0.1) is 11.3 Å². The molecule has 0 atom stereocenters. The summed E-state index contributed by atoms with van der Waals surface area (Å²) in [7, 11) is 0. The smallest absolute Gasteiger partial charge is 0.283 e. The Balaban J connectivity index is 1.51. The Morgan fingerprint density at radius 1 is 1.27 bits per heavy atom. The summed E-state index contributed by atoms with van der Waals surface area (Å²) in [4.78, 5) is 32.0. The second kappa shape index (κ2) is 7.87. The van der Waals surface area contributed by atoms with Gasteiger partial charge < -0.3 is 10.6 Å². The monoisotopic (exact) mass is 421 g/mol. The van der Waals surface area contributed by atoms with Crippen LogP contribution in [0.2, 0.25) is 0 Å². The highest BCUT2D eigenvalue weighted by molar-refractivity contribution is 7.21. The lowest BCUT2D eigenvalue weighted by atomic mass is 10.1. The highest BCUT2D eigenvalue weighted by Gasteiger charge is 2.22. The van der Waals surface area contributed by atoms with E-state index in [1.807, 2.05) is 51.1 Å². The minimum Gasteiger partial charge on any atom is -0.397 e. The third-order valence-electron chi connectivity index (χ3n) is 5.23. The van der Waals surface area contributed by atoms with Crippen LogP contribution in [0, 0.1) is 13.8 Å². The number of rotatable bonds is 4. The summed E-state index contributed by atoms with van der Waals surface area (Å²) in [6.07, 6.45) is 1.49. The molecule has 3 N–H and O–H groups in total. The van der Waals surface area contributed by atoms with E-state index in [-0.39, 0.29) is 11.8 Å². The third-order valence-corrected chi connectivity index (χ3v) is 6.32. The molecule has 4 rings (SSSR count).